The first-order chi connectivity index (χ1) is 20.2. The van der Waals surface area contributed by atoms with Crippen LogP contribution in [0.3, 0.4) is 0 Å². The van der Waals surface area contributed by atoms with Gasteiger partial charge in [0, 0.05) is 39.0 Å². The molecule has 0 radical (unpaired) electrons. The molecular formula is C35H76N2O3Si. The molecule has 0 aromatic carbocycles. The second-order valence-corrected chi connectivity index (χ2v) is 15.0. The van der Waals surface area contributed by atoms with Crippen LogP contribution in [0.25, 0.3) is 0 Å². The van der Waals surface area contributed by atoms with E-state index in [1.165, 1.54) is 135 Å². The van der Waals surface area contributed by atoms with E-state index in [4.69, 9.17) is 19.0 Å². The monoisotopic (exact) mass is 601 g/mol. The summed E-state index contributed by atoms with van der Waals surface area (Å²) in [4.78, 5) is 0. The van der Waals surface area contributed by atoms with Gasteiger partial charge in [-0.05, 0) is 32.2 Å². The molecule has 0 atom stereocenters. The van der Waals surface area contributed by atoms with E-state index in [1.54, 1.807) is 0 Å². The van der Waals surface area contributed by atoms with Crippen LogP contribution in [0.15, 0.2) is 0 Å². The Morgan fingerprint density at radius 3 is 1.05 bits per heavy atom. The second kappa shape index (κ2) is 34.5. The summed E-state index contributed by atoms with van der Waals surface area (Å²) < 4.78 is 20.0. The van der Waals surface area contributed by atoms with Gasteiger partial charge < -0.3 is 24.3 Å². The Balaban J connectivity index is 4.73. The van der Waals surface area contributed by atoms with Gasteiger partial charge in [-0.15, -0.1) is 0 Å². The number of unbranched alkanes of at least 4 members (excludes halogenated alkanes) is 21. The fourth-order valence-electron chi connectivity index (χ4n) is 5.39. The van der Waals surface area contributed by atoms with Crippen LogP contribution in [0, 0.1) is 0 Å². The Morgan fingerprint density at radius 1 is 0.415 bits per heavy atom. The molecular weight excluding hydrogens is 524 g/mol. The van der Waals surface area contributed by atoms with Gasteiger partial charge in [0.15, 0.2) is 0 Å². The normalized spacial score (nSPS) is 12.0. The molecule has 0 aromatic rings. The number of hydrogen-bond donors (Lipinski definition) is 2. The molecule has 0 fully saturated rings. The van der Waals surface area contributed by atoms with Crippen LogP contribution in [-0.2, 0) is 13.3 Å². The van der Waals surface area contributed by atoms with Gasteiger partial charge in [0.05, 0.1) is 0 Å². The first-order valence-electron chi connectivity index (χ1n) is 18.6. The van der Waals surface area contributed by atoms with Gasteiger partial charge >= 0.3 is 8.80 Å². The Hall–Kier alpha value is 0.0169. The maximum atomic E-state index is 6.67. The molecule has 0 aromatic heterocycles. The van der Waals surface area contributed by atoms with Crippen LogP contribution < -0.4 is 11.1 Å². The zero-order chi connectivity index (χ0) is 30.0. The lowest BCUT2D eigenvalue weighted by Gasteiger charge is -2.30. The lowest BCUT2D eigenvalue weighted by molar-refractivity contribution is 0.0547. The highest BCUT2D eigenvalue weighted by atomic mass is 28.4. The minimum Gasteiger partial charge on any atom is -0.373 e. The first kappa shape index (κ1) is 41.0. The van der Waals surface area contributed by atoms with Crippen LogP contribution in [0.2, 0.25) is 6.04 Å². The minimum atomic E-state index is -2.69. The van der Waals surface area contributed by atoms with E-state index in [2.05, 4.69) is 26.1 Å². The van der Waals surface area contributed by atoms with Crippen LogP contribution in [0.5, 0.6) is 0 Å². The molecule has 0 rings (SSSR count). The SMILES string of the molecule is CCCCCCCCCCO[Si](CCCNCCN)(OCCCCCCCCCC)OCCCCCCCCCC. The van der Waals surface area contributed by atoms with E-state index in [0.29, 0.717) is 6.54 Å². The highest BCUT2D eigenvalue weighted by Gasteiger charge is 2.40. The molecule has 0 aliphatic rings. The average molecular weight is 601 g/mol. The summed E-state index contributed by atoms with van der Waals surface area (Å²) in [5, 5.41) is 3.45. The Bertz CT molecular complexity index is 429. The summed E-state index contributed by atoms with van der Waals surface area (Å²) >= 11 is 0. The van der Waals surface area contributed by atoms with Gasteiger partial charge in [-0.2, -0.15) is 0 Å². The van der Waals surface area contributed by atoms with E-state index in [9.17, 15) is 0 Å². The highest BCUT2D eigenvalue weighted by Crippen LogP contribution is 2.21. The third-order valence-corrected chi connectivity index (χ3v) is 11.0. The molecule has 6 heteroatoms. The van der Waals surface area contributed by atoms with Crippen molar-refractivity contribution in [2.45, 2.75) is 187 Å². The molecule has 41 heavy (non-hydrogen) atoms. The largest absolute Gasteiger partial charge is 0.501 e. The second-order valence-electron chi connectivity index (χ2n) is 12.3. The molecule has 0 saturated heterocycles. The summed E-state index contributed by atoms with van der Waals surface area (Å²) in [6.45, 7) is 11.7. The smallest absolute Gasteiger partial charge is 0.373 e. The third kappa shape index (κ3) is 29.9. The number of hydrogen-bond acceptors (Lipinski definition) is 5. The minimum absolute atomic E-state index is 0.682. The quantitative estimate of drug-likeness (QED) is 0.0553. The molecule has 0 amide bonds. The van der Waals surface area contributed by atoms with E-state index < -0.39 is 8.80 Å². The summed E-state index contributed by atoms with van der Waals surface area (Å²) in [6, 6.07) is 0.912. The Labute approximate surface area is 259 Å². The van der Waals surface area contributed by atoms with Crippen molar-refractivity contribution in [3.63, 3.8) is 0 Å². The molecule has 0 unspecified atom stereocenters. The average Bonchev–Trinajstić information content (AvgIpc) is 2.98. The maximum absolute atomic E-state index is 6.67. The van der Waals surface area contributed by atoms with Crippen molar-refractivity contribution >= 4 is 8.80 Å². The van der Waals surface area contributed by atoms with E-state index in [0.717, 1.165) is 64.6 Å². The lowest BCUT2D eigenvalue weighted by Crippen LogP contribution is -2.47. The van der Waals surface area contributed by atoms with Crippen molar-refractivity contribution in [1.29, 1.82) is 0 Å². The van der Waals surface area contributed by atoms with E-state index >= 15 is 0 Å². The molecule has 0 aliphatic carbocycles. The molecule has 0 heterocycles. The molecule has 0 saturated carbocycles. The molecule has 0 bridgehead atoms. The van der Waals surface area contributed by atoms with Crippen molar-refractivity contribution in [2.24, 2.45) is 5.73 Å². The number of nitrogens with one attached hydrogen (secondary N) is 1. The zero-order valence-electron chi connectivity index (χ0n) is 28.4. The predicted molar refractivity (Wildman–Crippen MR) is 183 cm³/mol. The van der Waals surface area contributed by atoms with Gasteiger partial charge in [0.25, 0.3) is 0 Å². The van der Waals surface area contributed by atoms with Crippen LogP contribution in [0.4, 0.5) is 0 Å². The van der Waals surface area contributed by atoms with Crippen LogP contribution in [-0.4, -0.2) is 48.3 Å². The number of nitrogens with two attached hydrogens (primary N) is 1. The highest BCUT2D eigenvalue weighted by molar-refractivity contribution is 6.60. The van der Waals surface area contributed by atoms with Crippen LogP contribution in [0.1, 0.15) is 181 Å². The van der Waals surface area contributed by atoms with Gasteiger partial charge in [-0.25, -0.2) is 0 Å². The first-order valence-corrected chi connectivity index (χ1v) is 20.5. The van der Waals surface area contributed by atoms with Gasteiger partial charge in [-0.1, -0.05) is 156 Å². The summed E-state index contributed by atoms with van der Waals surface area (Å²) in [5.74, 6) is 0. The Morgan fingerprint density at radius 2 is 0.732 bits per heavy atom. The van der Waals surface area contributed by atoms with Crippen molar-refractivity contribution < 1.29 is 13.3 Å². The predicted octanol–water partition coefficient (Wildman–Crippen LogP) is 10.3. The third-order valence-electron chi connectivity index (χ3n) is 8.12. The molecule has 0 aliphatic heterocycles. The zero-order valence-corrected chi connectivity index (χ0v) is 29.4. The lowest BCUT2D eigenvalue weighted by atomic mass is 10.1. The van der Waals surface area contributed by atoms with Crippen LogP contribution >= 0.6 is 0 Å². The van der Waals surface area contributed by atoms with Gasteiger partial charge in [0.2, 0.25) is 0 Å². The van der Waals surface area contributed by atoms with Gasteiger partial charge in [-0.3, -0.25) is 0 Å². The fraction of sp³-hybridized carbons (Fsp3) is 1.00. The topological polar surface area (TPSA) is 65.7 Å². The maximum Gasteiger partial charge on any atom is 0.501 e. The van der Waals surface area contributed by atoms with Crippen molar-refractivity contribution in [2.75, 3.05) is 39.5 Å². The standard InChI is InChI=1S/C35H76N2O3Si/c1-4-7-10-13-16-19-22-25-32-38-41(35-28-30-37-31-29-36,39-33-26-23-20-17-14-11-8-5-2)40-34-27-24-21-18-15-12-9-6-3/h37H,4-36H2,1-3H3. The number of rotatable bonds is 36. The summed E-state index contributed by atoms with van der Waals surface area (Å²) in [5.41, 5.74) is 5.69. The van der Waals surface area contributed by atoms with E-state index in [1.807, 2.05) is 0 Å². The molecule has 248 valence electrons. The summed E-state index contributed by atoms with van der Waals surface area (Å²) in [6.07, 6.45) is 32.6. The van der Waals surface area contributed by atoms with Crippen molar-refractivity contribution in [3.05, 3.63) is 0 Å². The molecule has 0 spiro atoms. The van der Waals surface area contributed by atoms with E-state index in [-0.39, 0.29) is 0 Å². The van der Waals surface area contributed by atoms with Gasteiger partial charge in [0.1, 0.15) is 0 Å². The molecule has 5 nitrogen and oxygen atoms in total. The molecule has 3 N–H and O–H groups in total. The fourth-order valence-corrected chi connectivity index (χ4v) is 8.05. The van der Waals surface area contributed by atoms with Crippen molar-refractivity contribution in [1.82, 2.24) is 5.32 Å². The van der Waals surface area contributed by atoms with Crippen molar-refractivity contribution in [3.8, 4) is 0 Å². The summed E-state index contributed by atoms with van der Waals surface area (Å²) in [7, 11) is -2.69. The Kier molecular flexibility index (Phi) is 34.5.